The van der Waals surface area contributed by atoms with Gasteiger partial charge in [-0.1, -0.05) is 127 Å². The monoisotopic (exact) mass is 604 g/mol. The van der Waals surface area contributed by atoms with E-state index in [2.05, 4.69) is 0 Å². The van der Waals surface area contributed by atoms with E-state index < -0.39 is 259 Å². The molecule has 1 heterocycles. The maximum absolute atomic E-state index is 10.0. The minimum atomic E-state index is -2.19. The van der Waals surface area contributed by atoms with Crippen LogP contribution in [0.25, 0.3) is 71.3 Å². The van der Waals surface area contributed by atoms with Crippen LogP contribution < -0.4 is 0 Å². The van der Waals surface area contributed by atoms with Crippen LogP contribution in [0.15, 0.2) is 161 Å². The maximum Gasteiger partial charge on any atom is 0.136 e. The van der Waals surface area contributed by atoms with Gasteiger partial charge in [0.15, 0.2) is 0 Å². The van der Waals surface area contributed by atoms with E-state index in [1.165, 1.54) is 0 Å². The van der Waals surface area contributed by atoms with Gasteiger partial charge in [-0.05, 0) is 110 Å². The topological polar surface area (TPSA) is 13.1 Å². The van der Waals surface area contributed by atoms with Gasteiger partial charge in [0.25, 0.3) is 0 Å². The van der Waals surface area contributed by atoms with Crippen molar-refractivity contribution in [1.82, 2.24) is 0 Å². The molecule has 0 N–H and O–H groups in total. The molecular formula is C44H32O. The molecular weight excluding hydrogens is 544 g/mol. The summed E-state index contributed by atoms with van der Waals surface area (Å²) in [5.74, 6) is 0. The number of rotatable bonds is 4. The molecule has 0 fully saturated rings. The third-order valence-corrected chi connectivity index (χ3v) is 7.36. The number of furan rings is 1. The Balaban J connectivity index is 1.63. The van der Waals surface area contributed by atoms with Gasteiger partial charge in [0.2, 0.25) is 0 Å². The summed E-state index contributed by atoms with van der Waals surface area (Å²) in [6.07, 6.45) is -7.94. The van der Waals surface area contributed by atoms with Gasteiger partial charge >= 0.3 is 0 Å². The average molecular weight is 605 g/mol. The van der Waals surface area contributed by atoms with Crippen molar-refractivity contribution in [3.05, 3.63) is 162 Å². The van der Waals surface area contributed by atoms with Crippen LogP contribution in [-0.4, -0.2) is 0 Å². The number of fused-ring (bicyclic) bond motifs is 5. The lowest BCUT2D eigenvalue weighted by molar-refractivity contribution is 0.669. The molecule has 0 aliphatic heterocycles. The van der Waals surface area contributed by atoms with Crippen LogP contribution in [0.3, 0.4) is 0 Å². The van der Waals surface area contributed by atoms with E-state index in [0.29, 0.717) is 0 Å². The second-order valence-corrected chi connectivity index (χ2v) is 9.81. The van der Waals surface area contributed by atoms with Crippen molar-refractivity contribution in [2.45, 2.75) is 25.6 Å². The quantitative estimate of drug-likeness (QED) is 0.182. The van der Waals surface area contributed by atoms with Crippen LogP contribution in [0.1, 0.15) is 69.5 Å². The lowest BCUT2D eigenvalue weighted by atomic mass is 9.81. The van der Waals surface area contributed by atoms with E-state index in [-0.39, 0.29) is 0 Å². The molecule has 45 heavy (non-hydrogen) atoms. The minimum absolute atomic E-state index is 0.558. The lowest BCUT2D eigenvalue weighted by Gasteiger charge is -2.23. The van der Waals surface area contributed by atoms with Gasteiger partial charge in [-0.25, -0.2) is 0 Å². The molecule has 4 atom stereocenters. The first-order valence-corrected chi connectivity index (χ1v) is 13.5. The van der Waals surface area contributed by atoms with Crippen molar-refractivity contribution in [2.24, 2.45) is 0 Å². The predicted molar refractivity (Wildman–Crippen MR) is 191 cm³/mol. The second kappa shape index (κ2) is 10.6. The van der Waals surface area contributed by atoms with Crippen molar-refractivity contribution in [3.8, 4) is 22.3 Å². The minimum Gasteiger partial charge on any atom is -0.456 e. The zero-order valence-electron chi connectivity index (χ0n) is 50.7. The van der Waals surface area contributed by atoms with Gasteiger partial charge in [0.1, 0.15) is 11.2 Å². The van der Waals surface area contributed by atoms with Crippen LogP contribution in [0, 0.1) is 0 Å². The molecule has 0 bridgehead atoms. The highest BCUT2D eigenvalue weighted by Crippen LogP contribution is 2.48. The van der Waals surface area contributed by atoms with Crippen molar-refractivity contribution in [3.63, 3.8) is 0 Å². The molecule has 2 aliphatic rings. The van der Waals surface area contributed by atoms with Crippen LogP contribution in [0.2, 0.25) is 0 Å². The van der Waals surface area contributed by atoms with Crippen molar-refractivity contribution in [2.75, 3.05) is 0 Å². The van der Waals surface area contributed by atoms with Crippen LogP contribution in [0.4, 0.5) is 0 Å². The summed E-state index contributed by atoms with van der Waals surface area (Å²) in [5, 5.41) is -4.17. The van der Waals surface area contributed by atoms with Gasteiger partial charge in [0, 0.05) is 16.3 Å². The number of hydrogen-bond acceptors (Lipinski definition) is 1. The Morgan fingerprint density at radius 1 is 0.511 bits per heavy atom. The fourth-order valence-electron chi connectivity index (χ4n) is 5.47. The Hall–Kier alpha value is -5.40. The fourth-order valence-corrected chi connectivity index (χ4v) is 5.47. The van der Waals surface area contributed by atoms with E-state index in [1.54, 1.807) is 0 Å². The van der Waals surface area contributed by atoms with Gasteiger partial charge in [-0.2, -0.15) is 0 Å². The molecule has 214 valence electrons. The first-order chi connectivity index (χ1) is 34.0. The maximum atomic E-state index is 10.0. The summed E-state index contributed by atoms with van der Waals surface area (Å²) in [4.78, 5) is 0. The lowest BCUT2D eigenvalue weighted by Crippen LogP contribution is -2.00. The SMILES string of the molecule is [2H]C1=C([2H])C([2H])C([2H])C(C2=C([2H])C([2H])=C(c3c4c([2H])c([2H])c([2H])c([2H])c4c(-c4c([2H])c(-c5c([2H])c([2H])c([2H])c([2H])c5[2H])c([2H])c5oc6c([2H])c([2H])c([2H])c([2H])c6c45)c4c([2H])c([2H])c([2H])c([2H])c34)C([2H])C2[2H])=C1[2H]. The van der Waals surface area contributed by atoms with Gasteiger partial charge < -0.3 is 4.42 Å². The predicted octanol–water partition coefficient (Wildman–Crippen LogP) is 12.6. The van der Waals surface area contributed by atoms with Crippen LogP contribution >= 0.6 is 0 Å². The third-order valence-electron chi connectivity index (χ3n) is 7.36. The van der Waals surface area contributed by atoms with Crippen LogP contribution in [0.5, 0.6) is 0 Å². The molecule has 0 saturated heterocycles. The summed E-state index contributed by atoms with van der Waals surface area (Å²) in [7, 11) is 0. The van der Waals surface area contributed by atoms with E-state index in [1.807, 2.05) is 0 Å². The van der Waals surface area contributed by atoms with Crippen molar-refractivity contribution < 1.29 is 42.8 Å². The molecule has 0 spiro atoms. The number of para-hydroxylation sites is 1. The summed E-state index contributed by atoms with van der Waals surface area (Å²) in [6, 6.07) is -22.5. The van der Waals surface area contributed by atoms with Gasteiger partial charge in [0.05, 0.1) is 32.9 Å². The largest absolute Gasteiger partial charge is 0.456 e. The first-order valence-electron chi connectivity index (χ1n) is 27.8. The highest BCUT2D eigenvalue weighted by atomic mass is 16.3. The molecule has 4 unspecified atom stereocenters. The highest BCUT2D eigenvalue weighted by molar-refractivity contribution is 6.24. The van der Waals surface area contributed by atoms with E-state index in [9.17, 15) is 13.7 Å². The summed E-state index contributed by atoms with van der Waals surface area (Å²) in [5.41, 5.74) is -7.18. The van der Waals surface area contributed by atoms with E-state index in [0.717, 1.165) is 0 Å². The third kappa shape index (κ3) is 4.30. The average Bonchev–Trinajstić information content (AvgIpc) is 3.76. The molecule has 0 amide bonds. The van der Waals surface area contributed by atoms with E-state index in [4.69, 9.17) is 29.1 Å². The Labute approximate surface area is 302 Å². The Morgan fingerprint density at radius 3 is 1.87 bits per heavy atom. The highest BCUT2D eigenvalue weighted by Gasteiger charge is 2.23. The number of benzene rings is 6. The molecule has 1 nitrogen and oxygen atoms in total. The summed E-state index contributed by atoms with van der Waals surface area (Å²) >= 11 is 0. The zero-order valence-corrected chi connectivity index (χ0v) is 22.7. The molecule has 0 radical (unpaired) electrons. The van der Waals surface area contributed by atoms with Crippen molar-refractivity contribution >= 4 is 49.1 Å². The summed E-state index contributed by atoms with van der Waals surface area (Å²) < 4.78 is 257. The Bertz CT molecular complexity index is 3810. The van der Waals surface area contributed by atoms with Crippen LogP contribution in [-0.2, 0) is 0 Å². The van der Waals surface area contributed by atoms with Gasteiger partial charge in [-0.3, -0.25) is 0 Å². The molecule has 7 aromatic rings. The van der Waals surface area contributed by atoms with Gasteiger partial charge in [-0.15, -0.1) is 0 Å². The smallest absolute Gasteiger partial charge is 0.136 e. The fraction of sp³-hybridized carbons (Fsp3) is 0.0909. The second-order valence-electron chi connectivity index (χ2n) is 9.81. The van der Waals surface area contributed by atoms with E-state index >= 15 is 0 Å². The molecule has 0 saturated carbocycles. The Kier molecular flexibility index (Phi) is 2.44. The Morgan fingerprint density at radius 2 is 1.11 bits per heavy atom. The molecule has 2 aliphatic carbocycles. The molecule has 1 aromatic heterocycles. The standard InChI is InChI=1S/C44H32O/c1-3-13-29(14-4-1)31-23-25-32(26-24-31)42-34-17-7-9-19-36(34)43(37-20-10-8-18-35(37)42)39-27-33(30-15-5-2-6-16-30)28-41-44(39)38-21-11-12-22-40(38)45-41/h1-3,5-13,15-23,25,27-28H,4,14,24,26H2/i1D,2D,3D,4D,5D,6D,7D,8D,9D,10D,11D,12D,13D,14D,15D,16D,17D,18D,19D,20D,21D,22D,23D,24D,25D,26D,27D,28D. The zero-order chi connectivity index (χ0) is 54.1. The molecule has 9 rings (SSSR count). The normalized spacial score (nSPS) is 31.5. The number of allylic oxidation sites excluding steroid dienone is 8. The molecule has 1 heteroatoms. The first kappa shape index (κ1) is 10.3. The van der Waals surface area contributed by atoms with Crippen molar-refractivity contribution in [1.29, 1.82) is 0 Å². The number of hydrogen-bond donors (Lipinski definition) is 0. The summed E-state index contributed by atoms with van der Waals surface area (Å²) in [6.45, 7) is 0. The molecule has 6 aromatic carbocycles.